The average Bonchev–Trinajstić information content (AvgIpc) is 2.78. The molecule has 0 aliphatic carbocycles. The first-order valence-corrected chi connectivity index (χ1v) is 6.51. The third-order valence-electron chi connectivity index (χ3n) is 2.74. The Morgan fingerprint density at radius 2 is 2.19 bits per heavy atom. The van der Waals surface area contributed by atoms with E-state index in [2.05, 4.69) is 24.1 Å². The summed E-state index contributed by atoms with van der Waals surface area (Å²) >= 11 is 1.46. The van der Waals surface area contributed by atoms with E-state index >= 15 is 0 Å². The Morgan fingerprint density at radius 1 is 1.50 bits per heavy atom. The Kier molecular flexibility index (Phi) is 3.56. The molecule has 1 aliphatic heterocycles. The molecule has 1 aromatic rings. The Morgan fingerprint density at radius 3 is 2.81 bits per heavy atom. The van der Waals surface area contributed by atoms with Crippen LogP contribution in [0.25, 0.3) is 0 Å². The zero-order valence-electron chi connectivity index (χ0n) is 9.69. The summed E-state index contributed by atoms with van der Waals surface area (Å²) in [5.41, 5.74) is 2.71. The number of nitrogens with zero attached hydrogens (tertiary/aromatic N) is 2. The average molecular weight is 239 g/mol. The second-order valence-corrected chi connectivity index (χ2v) is 5.12. The summed E-state index contributed by atoms with van der Waals surface area (Å²) in [5.74, 6) is 0.459. The number of nitrogens with one attached hydrogen (secondary N) is 1. The molecule has 4 nitrogen and oxygen atoms in total. The highest BCUT2D eigenvalue weighted by atomic mass is 32.1. The van der Waals surface area contributed by atoms with Crippen molar-refractivity contribution in [3.8, 4) is 0 Å². The van der Waals surface area contributed by atoms with Crippen LogP contribution in [0.4, 0.5) is 0 Å². The van der Waals surface area contributed by atoms with Gasteiger partial charge in [-0.05, 0) is 5.92 Å². The largest absolute Gasteiger partial charge is 0.335 e. The number of thiazole rings is 1. The highest BCUT2D eigenvalue weighted by Crippen LogP contribution is 2.23. The molecule has 1 aliphatic rings. The summed E-state index contributed by atoms with van der Waals surface area (Å²) < 4.78 is 0. The van der Waals surface area contributed by atoms with E-state index < -0.39 is 0 Å². The number of carbonyl (C=O) groups is 1. The van der Waals surface area contributed by atoms with Gasteiger partial charge in [0.25, 0.3) is 5.91 Å². The lowest BCUT2D eigenvalue weighted by Gasteiger charge is -2.27. The van der Waals surface area contributed by atoms with E-state index in [0.717, 1.165) is 36.8 Å². The first-order valence-electron chi connectivity index (χ1n) is 5.63. The SMILES string of the molecule is CC(C)c1ncsc1C(=O)N1CCNCC1. The molecule has 0 saturated carbocycles. The molecular weight excluding hydrogens is 222 g/mol. The van der Waals surface area contributed by atoms with Crippen molar-refractivity contribution in [2.75, 3.05) is 26.2 Å². The highest BCUT2D eigenvalue weighted by molar-refractivity contribution is 7.11. The first-order chi connectivity index (χ1) is 7.70. The molecule has 2 rings (SSSR count). The minimum Gasteiger partial charge on any atom is -0.335 e. The fourth-order valence-electron chi connectivity index (χ4n) is 1.84. The van der Waals surface area contributed by atoms with Crippen molar-refractivity contribution in [1.29, 1.82) is 0 Å². The van der Waals surface area contributed by atoms with Crippen LogP contribution in [-0.2, 0) is 0 Å². The molecule has 1 amide bonds. The first kappa shape index (κ1) is 11.5. The molecule has 1 saturated heterocycles. The third-order valence-corrected chi connectivity index (χ3v) is 3.57. The van der Waals surface area contributed by atoms with Crippen molar-refractivity contribution in [2.24, 2.45) is 0 Å². The Balaban J connectivity index is 2.16. The number of hydrogen-bond acceptors (Lipinski definition) is 4. The standard InChI is InChI=1S/C11H17N3OS/c1-8(2)9-10(16-7-13-9)11(15)14-5-3-12-4-6-14/h7-8,12H,3-6H2,1-2H3. The summed E-state index contributed by atoms with van der Waals surface area (Å²) in [5, 5.41) is 3.25. The minimum absolute atomic E-state index is 0.146. The summed E-state index contributed by atoms with van der Waals surface area (Å²) in [4.78, 5) is 19.3. The molecular formula is C11H17N3OS. The van der Waals surface area contributed by atoms with Crippen LogP contribution < -0.4 is 5.32 Å². The van der Waals surface area contributed by atoms with E-state index in [0.29, 0.717) is 5.92 Å². The van der Waals surface area contributed by atoms with Crippen molar-refractivity contribution >= 4 is 17.2 Å². The van der Waals surface area contributed by atoms with Crippen molar-refractivity contribution in [3.63, 3.8) is 0 Å². The van der Waals surface area contributed by atoms with Gasteiger partial charge in [0.05, 0.1) is 11.2 Å². The maximum absolute atomic E-state index is 12.3. The maximum Gasteiger partial charge on any atom is 0.265 e. The van der Waals surface area contributed by atoms with Crippen LogP contribution in [0.2, 0.25) is 0 Å². The van der Waals surface area contributed by atoms with Crippen LogP contribution in [-0.4, -0.2) is 42.0 Å². The zero-order valence-corrected chi connectivity index (χ0v) is 10.5. The molecule has 2 heterocycles. The molecule has 1 aromatic heterocycles. The number of piperazine rings is 1. The molecule has 1 N–H and O–H groups in total. The Labute approximate surface area is 99.7 Å². The van der Waals surface area contributed by atoms with Gasteiger partial charge in [-0.2, -0.15) is 0 Å². The van der Waals surface area contributed by atoms with Gasteiger partial charge in [0.1, 0.15) is 4.88 Å². The molecule has 0 aromatic carbocycles. The normalized spacial score (nSPS) is 16.8. The van der Waals surface area contributed by atoms with Crippen molar-refractivity contribution < 1.29 is 4.79 Å². The molecule has 0 bridgehead atoms. The number of aromatic nitrogens is 1. The summed E-state index contributed by atoms with van der Waals surface area (Å²) in [6.07, 6.45) is 0. The number of rotatable bonds is 2. The third kappa shape index (κ3) is 2.25. The topological polar surface area (TPSA) is 45.2 Å². The van der Waals surface area contributed by atoms with Gasteiger partial charge in [0.15, 0.2) is 0 Å². The van der Waals surface area contributed by atoms with Gasteiger partial charge >= 0.3 is 0 Å². The zero-order chi connectivity index (χ0) is 11.5. The van der Waals surface area contributed by atoms with Crippen LogP contribution in [0.3, 0.4) is 0 Å². The van der Waals surface area contributed by atoms with E-state index in [1.54, 1.807) is 5.51 Å². The van der Waals surface area contributed by atoms with Gasteiger partial charge < -0.3 is 10.2 Å². The van der Waals surface area contributed by atoms with Crippen molar-refractivity contribution in [2.45, 2.75) is 19.8 Å². The lowest BCUT2D eigenvalue weighted by Crippen LogP contribution is -2.46. The van der Waals surface area contributed by atoms with E-state index in [1.807, 2.05) is 4.90 Å². The van der Waals surface area contributed by atoms with Crippen LogP contribution in [0.1, 0.15) is 35.1 Å². The second-order valence-electron chi connectivity index (χ2n) is 4.26. The fraction of sp³-hybridized carbons (Fsp3) is 0.636. The molecule has 0 radical (unpaired) electrons. The molecule has 0 spiro atoms. The van der Waals surface area contributed by atoms with E-state index in [1.165, 1.54) is 11.3 Å². The monoisotopic (exact) mass is 239 g/mol. The highest BCUT2D eigenvalue weighted by Gasteiger charge is 2.23. The lowest BCUT2D eigenvalue weighted by molar-refractivity contribution is 0.0739. The van der Waals surface area contributed by atoms with E-state index in [9.17, 15) is 4.79 Å². The smallest absolute Gasteiger partial charge is 0.265 e. The van der Waals surface area contributed by atoms with Crippen LogP contribution >= 0.6 is 11.3 Å². The number of carbonyl (C=O) groups excluding carboxylic acids is 1. The van der Waals surface area contributed by atoms with Gasteiger partial charge in [0, 0.05) is 26.2 Å². The quantitative estimate of drug-likeness (QED) is 0.846. The predicted octanol–water partition coefficient (Wildman–Crippen LogP) is 1.31. The number of amides is 1. The van der Waals surface area contributed by atoms with Gasteiger partial charge in [-0.15, -0.1) is 11.3 Å². The molecule has 88 valence electrons. The van der Waals surface area contributed by atoms with Crippen molar-refractivity contribution in [1.82, 2.24) is 15.2 Å². The molecule has 1 fully saturated rings. The van der Waals surface area contributed by atoms with Crippen molar-refractivity contribution in [3.05, 3.63) is 16.1 Å². The minimum atomic E-state index is 0.146. The summed E-state index contributed by atoms with van der Waals surface area (Å²) in [7, 11) is 0. The molecule has 0 unspecified atom stereocenters. The molecule has 5 heteroatoms. The van der Waals surface area contributed by atoms with Crippen LogP contribution in [0.5, 0.6) is 0 Å². The Bertz CT molecular complexity index is 369. The fourth-order valence-corrected chi connectivity index (χ4v) is 2.75. The summed E-state index contributed by atoms with van der Waals surface area (Å²) in [6.45, 7) is 7.53. The summed E-state index contributed by atoms with van der Waals surface area (Å²) in [6, 6.07) is 0. The maximum atomic E-state index is 12.3. The van der Waals surface area contributed by atoms with Gasteiger partial charge in [0.2, 0.25) is 0 Å². The van der Waals surface area contributed by atoms with Gasteiger partial charge in [-0.25, -0.2) is 4.98 Å². The lowest BCUT2D eigenvalue weighted by atomic mass is 10.1. The van der Waals surface area contributed by atoms with Crippen LogP contribution in [0.15, 0.2) is 5.51 Å². The van der Waals surface area contributed by atoms with Gasteiger partial charge in [-0.3, -0.25) is 4.79 Å². The molecule has 16 heavy (non-hydrogen) atoms. The predicted molar refractivity (Wildman–Crippen MR) is 65.0 cm³/mol. The van der Waals surface area contributed by atoms with Gasteiger partial charge in [-0.1, -0.05) is 13.8 Å². The Hall–Kier alpha value is -0.940. The second kappa shape index (κ2) is 4.93. The van der Waals surface area contributed by atoms with E-state index in [4.69, 9.17) is 0 Å². The van der Waals surface area contributed by atoms with E-state index in [-0.39, 0.29) is 5.91 Å². The van der Waals surface area contributed by atoms with Crippen LogP contribution in [0, 0.1) is 0 Å². The number of hydrogen-bond donors (Lipinski definition) is 1. The molecule has 0 atom stereocenters.